The van der Waals surface area contributed by atoms with Crippen molar-refractivity contribution in [2.75, 3.05) is 6.54 Å². The van der Waals surface area contributed by atoms with Gasteiger partial charge >= 0.3 is 6.09 Å². The Labute approximate surface area is 356 Å². The number of carbonyl (C=O) groups excluding carboxylic acids is 2. The van der Waals surface area contributed by atoms with Crippen LogP contribution in [0.25, 0.3) is 21.5 Å². The summed E-state index contributed by atoms with van der Waals surface area (Å²) in [6.07, 6.45) is 4.52. The molecule has 2 N–H and O–H groups in total. The van der Waals surface area contributed by atoms with Crippen LogP contribution in [0.4, 0.5) is 9.18 Å². The third-order valence-electron chi connectivity index (χ3n) is 13.2. The normalized spacial score (nSPS) is 21.9. The van der Waals surface area contributed by atoms with Gasteiger partial charge in [-0.05, 0) is 126 Å². The van der Waals surface area contributed by atoms with Gasteiger partial charge in [0.25, 0.3) is 0 Å². The zero-order valence-electron chi connectivity index (χ0n) is 34.2. The molecule has 0 saturated heterocycles. The zero-order valence-corrected chi connectivity index (χ0v) is 34.9. The van der Waals surface area contributed by atoms with Crippen molar-refractivity contribution in [3.8, 4) is 5.75 Å². The largest absolute Gasteiger partial charge is 0.415 e. The quantitative estimate of drug-likeness (QED) is 0.118. The summed E-state index contributed by atoms with van der Waals surface area (Å²) in [5.41, 5.74) is 1.99. The van der Waals surface area contributed by atoms with Gasteiger partial charge in [-0.2, -0.15) is 0 Å². The molecule has 0 aliphatic heterocycles. The predicted molar refractivity (Wildman–Crippen MR) is 237 cm³/mol. The maximum absolute atomic E-state index is 15.1. The van der Waals surface area contributed by atoms with Crippen molar-refractivity contribution < 1.29 is 28.9 Å². The van der Waals surface area contributed by atoms with Crippen molar-refractivity contribution in [2.45, 2.75) is 89.4 Å². The lowest BCUT2D eigenvalue weighted by Gasteiger charge is -2.46. The monoisotopic (exact) mass is 823 g/mol. The molecule has 0 radical (unpaired) electrons. The average molecular weight is 824 g/mol. The number of aliphatic hydroxyl groups is 2. The maximum atomic E-state index is 15.1. The number of fused-ring (bicyclic) bond motifs is 10. The van der Waals surface area contributed by atoms with Crippen molar-refractivity contribution in [1.29, 1.82) is 0 Å². The van der Waals surface area contributed by atoms with E-state index >= 15 is 4.39 Å². The van der Waals surface area contributed by atoms with E-state index in [-0.39, 0.29) is 41.8 Å². The summed E-state index contributed by atoms with van der Waals surface area (Å²) >= 11 is 6.44. The fraction of sp³-hybridized carbons (Fsp3) is 0.308. The lowest BCUT2D eigenvalue weighted by atomic mass is 9.64. The van der Waals surface area contributed by atoms with E-state index in [9.17, 15) is 19.8 Å². The highest BCUT2D eigenvalue weighted by molar-refractivity contribution is 6.31. The molecule has 0 heterocycles. The Kier molecular flexibility index (Phi) is 12.0. The van der Waals surface area contributed by atoms with Crippen LogP contribution in [0.2, 0.25) is 5.02 Å². The first-order valence-electron chi connectivity index (χ1n) is 21.0. The van der Waals surface area contributed by atoms with Gasteiger partial charge in [0.05, 0.1) is 18.2 Å². The van der Waals surface area contributed by atoms with Gasteiger partial charge < -0.3 is 19.8 Å². The molecule has 8 heteroatoms. The molecule has 9 rings (SSSR count). The summed E-state index contributed by atoms with van der Waals surface area (Å²) in [5.74, 6) is -0.726. The minimum absolute atomic E-state index is 0.0171. The number of halogens is 2. The van der Waals surface area contributed by atoms with E-state index in [1.165, 1.54) is 12.1 Å². The second-order valence-corrected chi connectivity index (χ2v) is 17.5. The highest BCUT2D eigenvalue weighted by atomic mass is 35.5. The lowest BCUT2D eigenvalue weighted by molar-refractivity contribution is -0.0801. The van der Waals surface area contributed by atoms with Crippen molar-refractivity contribution in [3.63, 3.8) is 0 Å². The molecule has 6 nitrogen and oxygen atoms in total. The second kappa shape index (κ2) is 17.3. The van der Waals surface area contributed by atoms with E-state index in [4.69, 9.17) is 16.3 Å². The highest BCUT2D eigenvalue weighted by Gasteiger charge is 2.58. The molecule has 1 saturated carbocycles. The summed E-state index contributed by atoms with van der Waals surface area (Å²) in [6.45, 7) is 4.34. The number of benzene rings is 6. The first kappa shape index (κ1) is 41.4. The fourth-order valence-corrected chi connectivity index (χ4v) is 9.96. The smallest absolute Gasteiger partial charge is 0.410 e. The van der Waals surface area contributed by atoms with Crippen molar-refractivity contribution >= 4 is 45.0 Å². The van der Waals surface area contributed by atoms with Crippen molar-refractivity contribution in [3.05, 3.63) is 172 Å². The number of allylic oxidation sites excluding steroid dienone is 2. The van der Waals surface area contributed by atoms with E-state index in [2.05, 4.69) is 19.9 Å². The maximum Gasteiger partial charge on any atom is 0.415 e. The topological polar surface area (TPSA) is 87.1 Å². The third kappa shape index (κ3) is 8.49. The molecule has 3 aliphatic rings. The van der Waals surface area contributed by atoms with Gasteiger partial charge in [-0.25, -0.2) is 9.18 Å². The first-order valence-corrected chi connectivity index (χ1v) is 21.4. The highest BCUT2D eigenvalue weighted by Crippen LogP contribution is 2.59. The molecule has 6 aromatic carbocycles. The number of aliphatic hydroxyl groups excluding tert-OH is 1. The molecular weight excluding hydrogens is 773 g/mol. The van der Waals surface area contributed by atoms with Crippen LogP contribution >= 0.6 is 11.6 Å². The van der Waals surface area contributed by atoms with Crippen LogP contribution < -0.4 is 4.74 Å². The van der Waals surface area contributed by atoms with E-state index in [0.717, 1.165) is 43.8 Å². The molecule has 3 aliphatic carbocycles. The van der Waals surface area contributed by atoms with Crippen LogP contribution in [0, 0.1) is 11.2 Å². The van der Waals surface area contributed by atoms with Gasteiger partial charge in [0.15, 0.2) is 5.78 Å². The van der Waals surface area contributed by atoms with Crippen LogP contribution in [-0.4, -0.2) is 45.2 Å². The van der Waals surface area contributed by atoms with Crippen LogP contribution in [0.5, 0.6) is 5.75 Å². The molecule has 4 atom stereocenters. The molecule has 0 spiro atoms. The summed E-state index contributed by atoms with van der Waals surface area (Å²) in [4.78, 5) is 30.7. The molecule has 2 bridgehead atoms. The number of rotatable bonds is 8. The van der Waals surface area contributed by atoms with E-state index in [0.29, 0.717) is 56.3 Å². The standard InChI is InChI=1S/C52H51ClFNO5/c1-34-10-9-26-51(2)46(43-24-20-35(28-40(56)22-19-34)29-44(43)49(57)31-45-47(53)17-8-18-48(45)54)25-27-52(51,59)33-55(32-39-15-7-14-37-12-5-6-16-42(37)39)50(58)60-41-23-21-36-11-3-4-13-38(36)30-41/h3-8,10-18,20-21,23-24,29-30,40,46,56,59H,9,19,22,25-28,31-33H2,1-2H3/t40-,46-,51-,52+/m0/s1. The Hall–Kier alpha value is -5.34. The van der Waals surface area contributed by atoms with Crippen molar-refractivity contribution in [1.82, 2.24) is 4.90 Å². The van der Waals surface area contributed by atoms with E-state index < -0.39 is 29.0 Å². The Morgan fingerprint density at radius 1 is 0.867 bits per heavy atom. The summed E-state index contributed by atoms with van der Waals surface area (Å²) < 4.78 is 21.3. The van der Waals surface area contributed by atoms with Crippen LogP contribution in [0.3, 0.4) is 0 Å². The lowest BCUT2D eigenvalue weighted by Crippen LogP contribution is -2.54. The van der Waals surface area contributed by atoms with Gasteiger partial charge in [0, 0.05) is 34.5 Å². The van der Waals surface area contributed by atoms with Gasteiger partial charge in [-0.1, -0.05) is 121 Å². The number of amides is 1. The Balaban J connectivity index is 1.20. The molecular formula is C52H51ClFNO5. The van der Waals surface area contributed by atoms with Gasteiger partial charge in [0.1, 0.15) is 11.6 Å². The molecule has 1 amide bonds. The van der Waals surface area contributed by atoms with E-state index in [1.54, 1.807) is 17.0 Å². The van der Waals surface area contributed by atoms with Crippen molar-refractivity contribution in [2.24, 2.45) is 5.41 Å². The molecule has 1 fully saturated rings. The minimum atomic E-state index is -1.41. The summed E-state index contributed by atoms with van der Waals surface area (Å²) in [7, 11) is 0. The number of ketones is 1. The number of hydrogen-bond acceptors (Lipinski definition) is 5. The number of ether oxygens (including phenoxy) is 1. The fourth-order valence-electron chi connectivity index (χ4n) is 9.73. The molecule has 60 heavy (non-hydrogen) atoms. The number of carbonyl (C=O) groups is 2. The van der Waals surface area contributed by atoms with Crippen LogP contribution in [-0.2, 0) is 19.4 Å². The van der Waals surface area contributed by atoms with Gasteiger partial charge in [0.2, 0.25) is 0 Å². The third-order valence-corrected chi connectivity index (χ3v) is 13.6. The Morgan fingerprint density at radius 2 is 1.62 bits per heavy atom. The Morgan fingerprint density at radius 3 is 2.43 bits per heavy atom. The minimum Gasteiger partial charge on any atom is -0.410 e. The second-order valence-electron chi connectivity index (χ2n) is 17.1. The van der Waals surface area contributed by atoms with Crippen LogP contribution in [0.1, 0.15) is 90.9 Å². The summed E-state index contributed by atoms with van der Waals surface area (Å²) in [5, 5.41) is 28.6. The molecule has 6 aromatic rings. The van der Waals surface area contributed by atoms with Crippen LogP contribution in [0.15, 0.2) is 133 Å². The zero-order chi connectivity index (χ0) is 42.0. The van der Waals surface area contributed by atoms with Gasteiger partial charge in [-0.3, -0.25) is 4.79 Å². The molecule has 0 aromatic heterocycles. The average Bonchev–Trinajstić information content (AvgIpc) is 3.49. The first-order chi connectivity index (χ1) is 28.9. The molecule has 308 valence electrons. The number of Topliss-reactive ketones (excluding diaryl/α,β-unsaturated/α-hetero) is 1. The summed E-state index contributed by atoms with van der Waals surface area (Å²) in [6, 6.07) is 37.7. The number of nitrogens with zero attached hydrogens (tertiary/aromatic N) is 1. The van der Waals surface area contributed by atoms with E-state index in [1.807, 2.05) is 97.1 Å². The van der Waals surface area contributed by atoms with Gasteiger partial charge in [-0.15, -0.1) is 0 Å². The Bertz CT molecular complexity index is 2580. The molecule has 0 unspecified atom stereocenters. The number of hydrogen-bond donors (Lipinski definition) is 2. The SMILES string of the molecule is CC1=CCC[C@@]2(C)[C@@H](CC[C@@]2(O)CN(Cc2cccc3ccccc23)C(=O)Oc2ccc3ccccc3c2)c2ccc(cc2C(=O)Cc2c(F)cccc2Cl)C[C@@H](O)CC1. The predicted octanol–water partition coefficient (Wildman–Crippen LogP) is 12.0.